The highest BCUT2D eigenvalue weighted by molar-refractivity contribution is 7.90. The Hall–Kier alpha value is -2.61. The van der Waals surface area contributed by atoms with Crippen molar-refractivity contribution in [2.45, 2.75) is 4.90 Å². The molecule has 0 fully saturated rings. The molecule has 2 rings (SSSR count). The number of ether oxygens (including phenoxy) is 1. The summed E-state index contributed by atoms with van der Waals surface area (Å²) in [5, 5.41) is 9.16. The number of carboxylic acids is 1. The number of carbonyl (C=O) groups is 2. The highest BCUT2D eigenvalue weighted by Gasteiger charge is 2.18. The van der Waals surface area contributed by atoms with Crippen molar-refractivity contribution in [2.75, 3.05) is 13.4 Å². The molecular formula is C14H13NO6S. The average molecular weight is 323 g/mol. The minimum absolute atomic E-state index is 0.0562. The third-order valence-electron chi connectivity index (χ3n) is 3.02. The van der Waals surface area contributed by atoms with Gasteiger partial charge in [-0.15, -0.1) is 0 Å². The summed E-state index contributed by atoms with van der Waals surface area (Å²) in [4.78, 5) is 25.3. The Morgan fingerprint density at radius 2 is 2.00 bits per heavy atom. The second-order valence-corrected chi connectivity index (χ2v) is 6.57. The molecule has 0 saturated carbocycles. The Kier molecular flexibility index (Phi) is 4.05. The molecule has 1 aromatic heterocycles. The Bertz CT molecular complexity index is 891. The zero-order chi connectivity index (χ0) is 16.5. The largest absolute Gasteiger partial charge is 0.478 e. The molecule has 0 aliphatic carbocycles. The van der Waals surface area contributed by atoms with Gasteiger partial charge in [-0.3, -0.25) is 0 Å². The molecule has 0 spiro atoms. The number of benzene rings is 1. The minimum atomic E-state index is -3.43. The van der Waals surface area contributed by atoms with Gasteiger partial charge in [-0.1, -0.05) is 0 Å². The maximum Gasteiger partial charge on any atom is 0.355 e. The highest BCUT2D eigenvalue weighted by Crippen LogP contribution is 2.27. The third-order valence-corrected chi connectivity index (χ3v) is 4.13. The number of hydrogen-bond donors (Lipinski definition) is 2. The van der Waals surface area contributed by atoms with E-state index in [1.165, 1.54) is 31.4 Å². The number of H-pyrrole nitrogens is 1. The number of carbonyl (C=O) groups excluding carboxylic acids is 1. The topological polar surface area (TPSA) is 114 Å². The van der Waals surface area contributed by atoms with Gasteiger partial charge in [-0.25, -0.2) is 18.0 Å². The Morgan fingerprint density at radius 1 is 1.32 bits per heavy atom. The fraction of sp³-hybridized carbons (Fsp3) is 0.143. The van der Waals surface area contributed by atoms with E-state index in [-0.39, 0.29) is 16.2 Å². The van der Waals surface area contributed by atoms with E-state index in [2.05, 4.69) is 9.72 Å². The van der Waals surface area contributed by atoms with Gasteiger partial charge < -0.3 is 14.8 Å². The molecule has 0 aliphatic heterocycles. The van der Waals surface area contributed by atoms with Crippen LogP contribution in [0.3, 0.4) is 0 Å². The van der Waals surface area contributed by atoms with Crippen molar-refractivity contribution in [3.63, 3.8) is 0 Å². The maximum atomic E-state index is 11.8. The molecule has 0 saturated heterocycles. The molecule has 1 heterocycles. The molecule has 1 aromatic carbocycles. The van der Waals surface area contributed by atoms with Crippen LogP contribution in [0.25, 0.3) is 17.0 Å². The lowest BCUT2D eigenvalue weighted by atomic mass is 10.1. The Morgan fingerprint density at radius 3 is 2.55 bits per heavy atom. The van der Waals surface area contributed by atoms with Gasteiger partial charge in [-0.2, -0.15) is 0 Å². The van der Waals surface area contributed by atoms with Crippen molar-refractivity contribution in [1.82, 2.24) is 4.98 Å². The van der Waals surface area contributed by atoms with Crippen LogP contribution in [0.5, 0.6) is 0 Å². The van der Waals surface area contributed by atoms with Crippen LogP contribution in [0.15, 0.2) is 29.2 Å². The van der Waals surface area contributed by atoms with Gasteiger partial charge in [0, 0.05) is 28.8 Å². The average Bonchev–Trinajstić information content (AvgIpc) is 2.80. The number of fused-ring (bicyclic) bond motifs is 1. The van der Waals surface area contributed by atoms with Crippen LogP contribution in [-0.2, 0) is 19.4 Å². The molecule has 0 amide bonds. The van der Waals surface area contributed by atoms with Gasteiger partial charge in [0.25, 0.3) is 0 Å². The van der Waals surface area contributed by atoms with Crippen molar-refractivity contribution in [3.8, 4) is 0 Å². The third kappa shape index (κ3) is 3.01. The molecule has 22 heavy (non-hydrogen) atoms. The summed E-state index contributed by atoms with van der Waals surface area (Å²) in [5.74, 6) is -1.87. The lowest BCUT2D eigenvalue weighted by Gasteiger charge is -2.00. The van der Waals surface area contributed by atoms with E-state index in [1.807, 2.05) is 0 Å². The van der Waals surface area contributed by atoms with Crippen molar-refractivity contribution < 1.29 is 27.9 Å². The number of aromatic amines is 1. The summed E-state index contributed by atoms with van der Waals surface area (Å²) in [6.45, 7) is 0. The number of esters is 1. The monoisotopic (exact) mass is 323 g/mol. The molecule has 7 nitrogen and oxygen atoms in total. The van der Waals surface area contributed by atoms with Crippen molar-refractivity contribution in [1.29, 1.82) is 0 Å². The first-order valence-electron chi connectivity index (χ1n) is 6.09. The predicted octanol–water partition coefficient (Wildman–Crippen LogP) is 1.46. The van der Waals surface area contributed by atoms with Gasteiger partial charge >= 0.3 is 11.9 Å². The van der Waals surface area contributed by atoms with Crippen LogP contribution >= 0.6 is 0 Å². The zero-order valence-corrected chi connectivity index (χ0v) is 12.6. The molecule has 116 valence electrons. The van der Waals surface area contributed by atoms with Gasteiger partial charge in [0.1, 0.15) is 5.69 Å². The van der Waals surface area contributed by atoms with Gasteiger partial charge in [0.2, 0.25) is 0 Å². The Labute approximate surface area is 126 Å². The number of aromatic nitrogens is 1. The van der Waals surface area contributed by atoms with Gasteiger partial charge in [0.15, 0.2) is 9.84 Å². The van der Waals surface area contributed by atoms with E-state index in [1.54, 1.807) is 0 Å². The molecular weight excluding hydrogens is 310 g/mol. The lowest BCUT2D eigenvalue weighted by Crippen LogP contribution is -2.03. The summed E-state index contributed by atoms with van der Waals surface area (Å²) in [6.07, 6.45) is 3.15. The predicted molar refractivity (Wildman–Crippen MR) is 79.4 cm³/mol. The minimum Gasteiger partial charge on any atom is -0.478 e. The summed E-state index contributed by atoms with van der Waals surface area (Å²) in [5.41, 5.74) is 0.813. The fourth-order valence-corrected chi connectivity index (χ4v) is 2.66. The SMILES string of the molecule is COC(=O)c1[nH]c2ccc(S(C)(=O)=O)cc2c1/C=C/C(=O)O. The molecule has 0 unspecified atom stereocenters. The van der Waals surface area contributed by atoms with E-state index in [0.29, 0.717) is 10.9 Å². The summed E-state index contributed by atoms with van der Waals surface area (Å²) >= 11 is 0. The van der Waals surface area contributed by atoms with Crippen LogP contribution in [0.2, 0.25) is 0 Å². The quantitative estimate of drug-likeness (QED) is 0.650. The smallest absolute Gasteiger partial charge is 0.355 e. The van der Waals surface area contributed by atoms with Gasteiger partial charge in [0.05, 0.1) is 12.0 Å². The van der Waals surface area contributed by atoms with Crippen LogP contribution in [0, 0.1) is 0 Å². The van der Waals surface area contributed by atoms with E-state index >= 15 is 0 Å². The first-order valence-corrected chi connectivity index (χ1v) is 7.98. The second kappa shape index (κ2) is 5.64. The highest BCUT2D eigenvalue weighted by atomic mass is 32.2. The van der Waals surface area contributed by atoms with Crippen LogP contribution in [0.1, 0.15) is 16.1 Å². The van der Waals surface area contributed by atoms with Crippen molar-refractivity contribution >= 4 is 38.8 Å². The molecule has 8 heteroatoms. The van der Waals surface area contributed by atoms with E-state index in [0.717, 1.165) is 12.3 Å². The number of sulfone groups is 1. The summed E-state index contributed by atoms with van der Waals surface area (Å²) < 4.78 is 27.9. The standard InChI is InChI=1S/C14H13NO6S/c1-21-14(18)13-9(4-6-12(16)17)10-7-8(22(2,19)20)3-5-11(10)15-13/h3-7,15H,1-2H3,(H,16,17)/b6-4+. The summed E-state index contributed by atoms with van der Waals surface area (Å²) in [7, 11) is -2.23. The van der Waals surface area contributed by atoms with Crippen LogP contribution in [0.4, 0.5) is 0 Å². The normalized spacial score (nSPS) is 11.9. The number of hydrogen-bond acceptors (Lipinski definition) is 5. The van der Waals surface area contributed by atoms with Crippen molar-refractivity contribution in [2.24, 2.45) is 0 Å². The second-order valence-electron chi connectivity index (χ2n) is 4.56. The van der Waals surface area contributed by atoms with Crippen LogP contribution < -0.4 is 0 Å². The first kappa shape index (κ1) is 15.8. The number of carboxylic acid groups (broad SMARTS) is 1. The fourth-order valence-electron chi connectivity index (χ4n) is 2.01. The zero-order valence-electron chi connectivity index (χ0n) is 11.8. The molecule has 0 aliphatic rings. The van der Waals surface area contributed by atoms with Gasteiger partial charge in [-0.05, 0) is 24.3 Å². The van der Waals surface area contributed by atoms with E-state index in [4.69, 9.17) is 5.11 Å². The molecule has 0 atom stereocenters. The number of rotatable bonds is 4. The van der Waals surface area contributed by atoms with E-state index in [9.17, 15) is 18.0 Å². The van der Waals surface area contributed by atoms with Crippen molar-refractivity contribution in [3.05, 3.63) is 35.5 Å². The molecule has 0 bridgehead atoms. The number of methoxy groups -OCH3 is 1. The number of nitrogens with one attached hydrogen (secondary N) is 1. The molecule has 2 N–H and O–H groups in total. The first-order chi connectivity index (χ1) is 10.2. The van der Waals surface area contributed by atoms with Crippen LogP contribution in [-0.4, -0.2) is 43.8 Å². The summed E-state index contributed by atoms with van der Waals surface area (Å²) in [6, 6.07) is 4.30. The number of aliphatic carboxylic acids is 1. The van der Waals surface area contributed by atoms with E-state index < -0.39 is 21.8 Å². The lowest BCUT2D eigenvalue weighted by molar-refractivity contribution is -0.131. The Balaban J connectivity index is 2.78. The molecule has 0 radical (unpaired) electrons. The molecule has 2 aromatic rings. The maximum absolute atomic E-state index is 11.8.